The van der Waals surface area contributed by atoms with Crippen molar-refractivity contribution in [2.45, 2.75) is 160 Å². The Morgan fingerprint density at radius 3 is 1.30 bits per heavy atom. The van der Waals surface area contributed by atoms with E-state index in [0.29, 0.717) is 51.9 Å². The maximum Gasteiger partial charge on any atom is 0.344 e. The minimum atomic E-state index is -0.564. The van der Waals surface area contributed by atoms with Gasteiger partial charge in [-0.1, -0.05) is 65.5 Å². The van der Waals surface area contributed by atoms with Crippen LogP contribution in [0.25, 0.3) is 0 Å². The lowest BCUT2D eigenvalue weighted by Gasteiger charge is -2.66. The van der Waals surface area contributed by atoms with Crippen LogP contribution in [0.2, 0.25) is 0 Å². The Hall–Kier alpha value is -2.64. The van der Waals surface area contributed by atoms with Gasteiger partial charge in [0.25, 0.3) is 0 Å². The molecule has 0 radical (unpaired) electrons. The van der Waals surface area contributed by atoms with Gasteiger partial charge in [-0.05, 0) is 131 Å². The van der Waals surface area contributed by atoms with Gasteiger partial charge in [-0.25, -0.2) is 19.2 Å². The van der Waals surface area contributed by atoms with Gasteiger partial charge < -0.3 is 18.9 Å². The second-order valence-corrected chi connectivity index (χ2v) is 19.8. The molecule has 53 heavy (non-hydrogen) atoms. The van der Waals surface area contributed by atoms with Crippen LogP contribution in [0.1, 0.15) is 149 Å². The van der Waals surface area contributed by atoms with Gasteiger partial charge in [-0.3, -0.25) is 0 Å². The van der Waals surface area contributed by atoms with Crippen molar-refractivity contribution in [3.8, 4) is 0 Å². The number of carbonyl (C=O) groups is 4. The second kappa shape index (κ2) is 15.1. The summed E-state index contributed by atoms with van der Waals surface area (Å²) in [6, 6.07) is 0. The van der Waals surface area contributed by atoms with Crippen molar-refractivity contribution in [1.82, 2.24) is 0 Å². The van der Waals surface area contributed by atoms with E-state index < -0.39 is 11.9 Å². The summed E-state index contributed by atoms with van der Waals surface area (Å²) < 4.78 is 22.8. The van der Waals surface area contributed by atoms with Gasteiger partial charge >= 0.3 is 23.9 Å². The molecule has 0 N–H and O–H groups in total. The first-order valence-electron chi connectivity index (χ1n) is 21.3. The molecule has 0 aliphatic heterocycles. The number of ether oxygens (including phenoxy) is 4. The van der Waals surface area contributed by atoms with Crippen LogP contribution < -0.4 is 0 Å². The standard InChI is InChI=1S/C23H34O4.C22H32O4/c1-15(2)21(25)26-14-20(24)27-23(17-7-5-4-6-8-17)18-9-16-10-19(23)13-22(3,11-16)12-18;1-3-19(23)25-14-20(24)26-22(16-7-5-4-6-8-16)17-9-15-10-18(22)13-21(2,11-15)12-17/h16-19H,1,4-14H2,2-3H3;3,15-18H,1,4-14H2,2H3. The Morgan fingerprint density at radius 2 is 0.962 bits per heavy atom. The average Bonchev–Trinajstić information content (AvgIpc) is 3.12. The molecule has 0 aromatic carbocycles. The van der Waals surface area contributed by atoms with Crippen LogP contribution in [0.5, 0.6) is 0 Å². The minimum absolute atomic E-state index is 0.291. The van der Waals surface area contributed by atoms with Crippen LogP contribution in [0.3, 0.4) is 0 Å². The summed E-state index contributed by atoms with van der Waals surface area (Å²) in [4.78, 5) is 48.4. The fourth-order valence-electron chi connectivity index (χ4n) is 14.6. The summed E-state index contributed by atoms with van der Waals surface area (Å²) in [5, 5.41) is 0. The van der Waals surface area contributed by atoms with Crippen LogP contribution in [0, 0.1) is 58.2 Å². The maximum absolute atomic E-state index is 12.8. The molecular weight excluding hydrogens is 668 g/mol. The van der Waals surface area contributed by atoms with E-state index in [1.807, 2.05) is 0 Å². The molecule has 0 heterocycles. The van der Waals surface area contributed by atoms with Crippen molar-refractivity contribution in [3.05, 3.63) is 24.8 Å². The Balaban J connectivity index is 0.000000164. The van der Waals surface area contributed by atoms with Gasteiger partial charge in [-0.15, -0.1) is 0 Å². The predicted molar refractivity (Wildman–Crippen MR) is 201 cm³/mol. The fourth-order valence-corrected chi connectivity index (χ4v) is 14.6. The average molecular weight is 735 g/mol. The topological polar surface area (TPSA) is 105 Å². The van der Waals surface area contributed by atoms with Crippen molar-refractivity contribution in [3.63, 3.8) is 0 Å². The molecule has 8 heteroatoms. The molecule has 10 aliphatic carbocycles. The largest absolute Gasteiger partial charge is 0.456 e. The van der Waals surface area contributed by atoms with E-state index >= 15 is 0 Å². The van der Waals surface area contributed by atoms with Gasteiger partial charge in [0.2, 0.25) is 0 Å². The van der Waals surface area contributed by atoms with Crippen molar-refractivity contribution < 1.29 is 38.1 Å². The van der Waals surface area contributed by atoms with Gasteiger partial charge in [0.15, 0.2) is 13.2 Å². The van der Waals surface area contributed by atoms with Gasteiger partial charge in [-0.2, -0.15) is 0 Å². The molecule has 0 saturated heterocycles. The van der Waals surface area contributed by atoms with Crippen LogP contribution in [-0.4, -0.2) is 48.3 Å². The van der Waals surface area contributed by atoms with E-state index in [4.69, 9.17) is 18.9 Å². The van der Waals surface area contributed by atoms with Crippen molar-refractivity contribution >= 4 is 23.9 Å². The van der Waals surface area contributed by atoms with Crippen LogP contribution in [0.4, 0.5) is 0 Å². The summed E-state index contributed by atoms with van der Waals surface area (Å²) in [5.74, 6) is 2.70. The van der Waals surface area contributed by atoms with E-state index in [9.17, 15) is 19.2 Å². The van der Waals surface area contributed by atoms with Crippen molar-refractivity contribution in [2.75, 3.05) is 13.2 Å². The van der Waals surface area contributed by atoms with Gasteiger partial charge in [0, 0.05) is 35.3 Å². The monoisotopic (exact) mass is 734 g/mol. The molecule has 0 aromatic heterocycles. The smallest absolute Gasteiger partial charge is 0.344 e. The molecule has 0 spiro atoms. The third-order valence-electron chi connectivity index (χ3n) is 15.8. The molecule has 8 nitrogen and oxygen atoms in total. The Morgan fingerprint density at radius 1 is 0.585 bits per heavy atom. The third kappa shape index (κ3) is 7.52. The number of hydrogen-bond donors (Lipinski definition) is 0. The van der Waals surface area contributed by atoms with E-state index in [-0.39, 0.29) is 36.4 Å². The zero-order valence-corrected chi connectivity index (χ0v) is 32.9. The highest BCUT2D eigenvalue weighted by Gasteiger charge is 2.66. The lowest BCUT2D eigenvalue weighted by molar-refractivity contribution is -0.247. The zero-order valence-electron chi connectivity index (χ0n) is 32.9. The van der Waals surface area contributed by atoms with E-state index in [2.05, 4.69) is 27.0 Å². The third-order valence-corrected chi connectivity index (χ3v) is 15.8. The molecule has 10 rings (SSSR count). The number of carbonyl (C=O) groups excluding carboxylic acids is 4. The molecule has 10 fully saturated rings. The van der Waals surface area contributed by atoms with E-state index in [1.165, 1.54) is 128 Å². The number of hydrogen-bond acceptors (Lipinski definition) is 8. The predicted octanol–water partition coefficient (Wildman–Crippen LogP) is 9.24. The zero-order chi connectivity index (χ0) is 37.6. The molecule has 294 valence electrons. The first-order chi connectivity index (χ1) is 25.3. The first kappa shape index (κ1) is 38.6. The Labute approximate surface area is 317 Å². The van der Waals surface area contributed by atoms with Crippen molar-refractivity contribution in [1.29, 1.82) is 0 Å². The Bertz CT molecular complexity index is 1400. The highest BCUT2D eigenvalue weighted by molar-refractivity contribution is 5.88. The lowest BCUT2D eigenvalue weighted by Crippen LogP contribution is -2.65. The quantitative estimate of drug-likeness (QED) is 0.124. The fraction of sp³-hybridized carbons (Fsp3) is 0.822. The van der Waals surface area contributed by atoms with Crippen LogP contribution >= 0.6 is 0 Å². The summed E-state index contributed by atoms with van der Waals surface area (Å²) in [7, 11) is 0. The summed E-state index contributed by atoms with van der Waals surface area (Å²) in [6.07, 6.45) is 25.7. The SMILES string of the molecule is C=C(C)C(=O)OCC(=O)OC1(C2CCCCC2)C2CC3CC1CC(C)(C3)C2.C=CC(=O)OCC(=O)OC1(C2CCCCC2)C2CC3CC1CC(C)(C3)C2. The highest BCUT2D eigenvalue weighted by Crippen LogP contribution is 2.68. The molecule has 4 atom stereocenters. The van der Waals surface area contributed by atoms with Crippen LogP contribution in [-0.2, 0) is 38.1 Å². The summed E-state index contributed by atoms with van der Waals surface area (Å²) >= 11 is 0. The highest BCUT2D eigenvalue weighted by atomic mass is 16.6. The lowest BCUT2D eigenvalue weighted by atomic mass is 9.42. The molecule has 10 saturated carbocycles. The molecular formula is C45H66O8. The van der Waals surface area contributed by atoms with Gasteiger partial charge in [0.1, 0.15) is 11.2 Å². The minimum Gasteiger partial charge on any atom is -0.456 e. The molecule has 0 amide bonds. The van der Waals surface area contributed by atoms with E-state index in [1.54, 1.807) is 6.92 Å². The first-order valence-corrected chi connectivity index (χ1v) is 21.3. The number of rotatable bonds is 10. The molecule has 0 aromatic rings. The molecule has 4 unspecified atom stereocenters. The number of esters is 4. The van der Waals surface area contributed by atoms with Gasteiger partial charge in [0.05, 0.1) is 0 Å². The van der Waals surface area contributed by atoms with Crippen LogP contribution in [0.15, 0.2) is 24.8 Å². The summed E-state index contributed by atoms with van der Waals surface area (Å²) in [5.41, 5.74) is 0.564. The molecule has 10 aliphatic rings. The summed E-state index contributed by atoms with van der Waals surface area (Å²) in [6.45, 7) is 12.9. The van der Waals surface area contributed by atoms with Crippen molar-refractivity contribution in [2.24, 2.45) is 58.2 Å². The normalized spacial score (nSPS) is 41.1. The van der Waals surface area contributed by atoms with E-state index in [0.717, 1.165) is 17.9 Å². The Kier molecular flexibility index (Phi) is 11.0. The second-order valence-electron chi connectivity index (χ2n) is 19.8. The molecule has 8 bridgehead atoms. The maximum atomic E-state index is 12.8.